The monoisotopic (exact) mass is 205 g/mol. The normalized spacial score (nSPS) is 32.3. The summed E-state index contributed by atoms with van der Waals surface area (Å²) in [5.41, 5.74) is 20.2. The summed E-state index contributed by atoms with van der Waals surface area (Å²) in [7, 11) is 0. The lowest BCUT2D eigenvalue weighted by molar-refractivity contribution is 0.714. The lowest BCUT2D eigenvalue weighted by atomic mass is 10.1. The number of hydrogen-bond acceptors (Lipinski definition) is 3. The van der Waals surface area contributed by atoms with Gasteiger partial charge in [0.1, 0.15) is 0 Å². The van der Waals surface area contributed by atoms with Gasteiger partial charge in [0.25, 0.3) is 0 Å². The quantitative estimate of drug-likeness (QED) is 0.478. The predicted molar refractivity (Wildman–Crippen MR) is 64.6 cm³/mol. The van der Waals surface area contributed by atoms with Crippen molar-refractivity contribution in [3.05, 3.63) is 47.9 Å². The Labute approximate surface area is 91.0 Å². The van der Waals surface area contributed by atoms with E-state index in [9.17, 15) is 0 Å². The van der Waals surface area contributed by atoms with E-state index in [4.69, 9.17) is 17.2 Å². The van der Waals surface area contributed by atoms with Gasteiger partial charge >= 0.3 is 0 Å². The molecule has 1 aliphatic carbocycles. The van der Waals surface area contributed by atoms with Crippen molar-refractivity contribution in [1.29, 1.82) is 0 Å². The standard InChI is InChI=1S/C12H19N3/c1-5-9(6-10(14)8(3)13)11-7(2)12(11,4)15/h5-6,11H,1-2,13-15H2,3-4H3/b9-6+,10-8-/t11-,12-/m1/s1. The van der Waals surface area contributed by atoms with Crippen LogP contribution < -0.4 is 17.2 Å². The molecule has 0 aromatic heterocycles. The summed E-state index contributed by atoms with van der Waals surface area (Å²) in [6, 6.07) is 0. The van der Waals surface area contributed by atoms with E-state index in [0.29, 0.717) is 11.4 Å². The van der Waals surface area contributed by atoms with Crippen molar-refractivity contribution < 1.29 is 0 Å². The van der Waals surface area contributed by atoms with Crippen molar-refractivity contribution in [2.75, 3.05) is 0 Å². The van der Waals surface area contributed by atoms with Crippen LogP contribution in [0, 0.1) is 5.92 Å². The largest absolute Gasteiger partial charge is 0.401 e. The molecule has 0 bridgehead atoms. The molecule has 0 amide bonds. The minimum atomic E-state index is -0.331. The molecule has 0 spiro atoms. The van der Waals surface area contributed by atoms with Crippen molar-refractivity contribution in [3.8, 4) is 0 Å². The molecular formula is C12H19N3. The van der Waals surface area contributed by atoms with Crippen LogP contribution in [0.5, 0.6) is 0 Å². The third-order valence-corrected chi connectivity index (χ3v) is 2.90. The molecule has 1 aliphatic rings. The smallest absolute Gasteiger partial charge is 0.0504 e. The van der Waals surface area contributed by atoms with Gasteiger partial charge in [-0.15, -0.1) is 0 Å². The van der Waals surface area contributed by atoms with Gasteiger partial charge in [-0.25, -0.2) is 0 Å². The third-order valence-electron chi connectivity index (χ3n) is 2.90. The molecule has 15 heavy (non-hydrogen) atoms. The van der Waals surface area contributed by atoms with E-state index in [2.05, 4.69) is 13.2 Å². The fourth-order valence-corrected chi connectivity index (χ4v) is 1.63. The van der Waals surface area contributed by atoms with Gasteiger partial charge in [-0.05, 0) is 31.1 Å². The molecule has 0 saturated heterocycles. The highest BCUT2D eigenvalue weighted by Crippen LogP contribution is 2.51. The van der Waals surface area contributed by atoms with Crippen LogP contribution in [0.1, 0.15) is 13.8 Å². The maximum atomic E-state index is 6.01. The van der Waals surface area contributed by atoms with Gasteiger partial charge in [0.2, 0.25) is 0 Å². The van der Waals surface area contributed by atoms with Crippen LogP contribution in [0.15, 0.2) is 47.9 Å². The van der Waals surface area contributed by atoms with Crippen LogP contribution in [0.25, 0.3) is 0 Å². The van der Waals surface area contributed by atoms with Gasteiger partial charge in [-0.1, -0.05) is 19.2 Å². The molecule has 0 aromatic rings. The van der Waals surface area contributed by atoms with E-state index < -0.39 is 0 Å². The third kappa shape index (κ3) is 1.97. The first kappa shape index (κ1) is 11.6. The summed E-state index contributed by atoms with van der Waals surface area (Å²) in [4.78, 5) is 0. The summed E-state index contributed by atoms with van der Waals surface area (Å²) < 4.78 is 0. The summed E-state index contributed by atoms with van der Waals surface area (Å²) >= 11 is 0. The Bertz CT molecular complexity index is 368. The van der Waals surface area contributed by atoms with Crippen molar-refractivity contribution in [3.63, 3.8) is 0 Å². The van der Waals surface area contributed by atoms with E-state index >= 15 is 0 Å². The molecule has 2 atom stereocenters. The Morgan fingerprint density at radius 2 is 1.93 bits per heavy atom. The zero-order chi connectivity index (χ0) is 11.8. The number of allylic oxidation sites excluding steroid dienone is 3. The van der Waals surface area contributed by atoms with Gasteiger partial charge < -0.3 is 17.2 Å². The molecule has 6 N–H and O–H groups in total. The van der Waals surface area contributed by atoms with E-state index in [1.807, 2.05) is 13.0 Å². The van der Waals surface area contributed by atoms with Crippen molar-refractivity contribution >= 4 is 0 Å². The van der Waals surface area contributed by atoms with Crippen LogP contribution in [0.4, 0.5) is 0 Å². The van der Waals surface area contributed by atoms with Crippen molar-refractivity contribution in [2.24, 2.45) is 23.1 Å². The second kappa shape index (κ2) is 3.59. The topological polar surface area (TPSA) is 78.1 Å². The minimum absolute atomic E-state index is 0.146. The van der Waals surface area contributed by atoms with Crippen molar-refractivity contribution in [1.82, 2.24) is 0 Å². The molecule has 1 saturated carbocycles. The summed E-state index contributed by atoms with van der Waals surface area (Å²) in [6.45, 7) is 11.4. The van der Waals surface area contributed by atoms with Crippen LogP contribution in [0.2, 0.25) is 0 Å². The molecule has 82 valence electrons. The second-order valence-electron chi connectivity index (χ2n) is 4.23. The zero-order valence-electron chi connectivity index (χ0n) is 9.38. The molecule has 0 aromatic carbocycles. The Balaban J connectivity index is 2.98. The average molecular weight is 205 g/mol. The molecule has 0 radical (unpaired) electrons. The van der Waals surface area contributed by atoms with Gasteiger partial charge in [0.15, 0.2) is 0 Å². The van der Waals surface area contributed by atoms with E-state index in [0.717, 1.165) is 11.1 Å². The molecule has 3 nitrogen and oxygen atoms in total. The fourth-order valence-electron chi connectivity index (χ4n) is 1.63. The van der Waals surface area contributed by atoms with Crippen LogP contribution in [0.3, 0.4) is 0 Å². The molecule has 3 heteroatoms. The van der Waals surface area contributed by atoms with Crippen molar-refractivity contribution in [2.45, 2.75) is 19.4 Å². The summed E-state index contributed by atoms with van der Waals surface area (Å²) in [5, 5.41) is 0. The lowest BCUT2D eigenvalue weighted by Crippen LogP contribution is -2.20. The van der Waals surface area contributed by atoms with E-state index in [-0.39, 0.29) is 11.5 Å². The fraction of sp³-hybridized carbons (Fsp3) is 0.333. The Hall–Kier alpha value is -1.48. The predicted octanol–water partition coefficient (Wildman–Crippen LogP) is 1.15. The molecule has 0 heterocycles. The van der Waals surface area contributed by atoms with Gasteiger partial charge in [0.05, 0.1) is 5.70 Å². The Morgan fingerprint density at radius 3 is 2.20 bits per heavy atom. The van der Waals surface area contributed by atoms with Gasteiger partial charge in [0, 0.05) is 17.2 Å². The SMILES string of the molecule is C=C/C(=C\C(N)=C(/C)N)[C@H]1C(=C)[C@@]1(C)N. The molecule has 0 unspecified atom stereocenters. The number of nitrogens with two attached hydrogens (primary N) is 3. The number of rotatable bonds is 3. The lowest BCUT2D eigenvalue weighted by Gasteiger charge is -2.04. The van der Waals surface area contributed by atoms with Crippen LogP contribution in [-0.4, -0.2) is 5.54 Å². The number of hydrogen-bond donors (Lipinski definition) is 3. The highest BCUT2D eigenvalue weighted by molar-refractivity contribution is 5.53. The van der Waals surface area contributed by atoms with E-state index in [1.165, 1.54) is 0 Å². The van der Waals surface area contributed by atoms with Crippen LogP contribution in [-0.2, 0) is 0 Å². The summed E-state index contributed by atoms with van der Waals surface area (Å²) in [6.07, 6.45) is 3.57. The maximum absolute atomic E-state index is 6.01. The second-order valence-corrected chi connectivity index (χ2v) is 4.23. The maximum Gasteiger partial charge on any atom is 0.0504 e. The highest BCUT2D eigenvalue weighted by Gasteiger charge is 2.52. The summed E-state index contributed by atoms with van der Waals surface area (Å²) in [5.74, 6) is 0.146. The zero-order valence-corrected chi connectivity index (χ0v) is 9.38. The molecular weight excluding hydrogens is 186 g/mol. The molecule has 1 rings (SSSR count). The van der Waals surface area contributed by atoms with Gasteiger partial charge in [-0.3, -0.25) is 0 Å². The van der Waals surface area contributed by atoms with Gasteiger partial charge in [-0.2, -0.15) is 0 Å². The first-order valence-corrected chi connectivity index (χ1v) is 4.86. The highest BCUT2D eigenvalue weighted by atomic mass is 14.9. The Kier molecular flexibility index (Phi) is 2.77. The Morgan fingerprint density at radius 1 is 1.47 bits per heavy atom. The van der Waals surface area contributed by atoms with Crippen LogP contribution >= 0.6 is 0 Å². The van der Waals surface area contributed by atoms with E-state index in [1.54, 1.807) is 13.0 Å². The molecule has 1 fully saturated rings. The average Bonchev–Trinajstić information content (AvgIpc) is 2.62. The first-order valence-electron chi connectivity index (χ1n) is 4.86. The molecule has 0 aliphatic heterocycles. The minimum Gasteiger partial charge on any atom is -0.401 e. The first-order chi connectivity index (χ1) is 6.82.